The van der Waals surface area contributed by atoms with Crippen LogP contribution in [0.5, 0.6) is 0 Å². The zero-order valence-electron chi connectivity index (χ0n) is 11.7. The first kappa shape index (κ1) is 12.7. The highest BCUT2D eigenvalue weighted by Crippen LogP contribution is 2.33. The Balaban J connectivity index is 1.53. The third-order valence-corrected chi connectivity index (χ3v) is 4.62. The fraction of sp³-hybridized carbons (Fsp3) is 0.733. The lowest BCUT2D eigenvalue weighted by Gasteiger charge is -2.30. The van der Waals surface area contributed by atoms with Gasteiger partial charge in [0.1, 0.15) is 5.82 Å². The lowest BCUT2D eigenvalue weighted by Crippen LogP contribution is -2.36. The molecule has 2 aliphatic rings. The summed E-state index contributed by atoms with van der Waals surface area (Å²) in [5.41, 5.74) is 1.25. The molecule has 4 nitrogen and oxygen atoms in total. The molecule has 1 aromatic heterocycles. The summed E-state index contributed by atoms with van der Waals surface area (Å²) in [4.78, 5) is 16.3. The van der Waals surface area contributed by atoms with Gasteiger partial charge in [0, 0.05) is 36.8 Å². The highest BCUT2D eigenvalue weighted by Gasteiger charge is 2.25. The molecule has 2 saturated carbocycles. The van der Waals surface area contributed by atoms with E-state index in [0.29, 0.717) is 6.04 Å². The van der Waals surface area contributed by atoms with Gasteiger partial charge in [-0.3, -0.25) is 4.79 Å². The molecule has 1 N–H and O–H groups in total. The number of carbonyl (C=O) groups excluding carboxylic acids is 1. The van der Waals surface area contributed by atoms with Gasteiger partial charge in [-0.15, -0.1) is 0 Å². The van der Waals surface area contributed by atoms with Gasteiger partial charge in [-0.1, -0.05) is 6.42 Å². The Morgan fingerprint density at radius 1 is 1.37 bits per heavy atom. The van der Waals surface area contributed by atoms with E-state index in [9.17, 15) is 4.79 Å². The van der Waals surface area contributed by atoms with Crippen molar-refractivity contribution in [2.24, 2.45) is 5.92 Å². The van der Waals surface area contributed by atoms with Crippen molar-refractivity contribution in [2.45, 2.75) is 57.9 Å². The molecule has 4 heteroatoms. The van der Waals surface area contributed by atoms with Crippen LogP contribution >= 0.6 is 0 Å². The third kappa shape index (κ3) is 2.53. The van der Waals surface area contributed by atoms with Crippen LogP contribution in [0.1, 0.15) is 56.1 Å². The van der Waals surface area contributed by atoms with Crippen LogP contribution in [-0.2, 0) is 11.2 Å². The van der Waals surface area contributed by atoms with E-state index in [1.54, 1.807) is 0 Å². The normalized spacial score (nSPS) is 19.8. The fourth-order valence-corrected chi connectivity index (χ4v) is 2.94. The van der Waals surface area contributed by atoms with Crippen molar-refractivity contribution in [1.82, 2.24) is 14.9 Å². The second-order valence-electron chi connectivity index (χ2n) is 5.94. The molecule has 1 heterocycles. The summed E-state index contributed by atoms with van der Waals surface area (Å²) >= 11 is 0. The molecule has 0 spiro atoms. The molecule has 0 atom stereocenters. The quantitative estimate of drug-likeness (QED) is 0.884. The molecule has 1 aromatic rings. The monoisotopic (exact) mass is 261 g/mol. The Morgan fingerprint density at radius 3 is 2.68 bits per heavy atom. The number of imidazole rings is 1. The van der Waals surface area contributed by atoms with Crippen molar-refractivity contribution in [2.75, 3.05) is 6.54 Å². The maximum atomic E-state index is 11.8. The lowest BCUT2D eigenvalue weighted by molar-refractivity contribution is -0.127. The highest BCUT2D eigenvalue weighted by atomic mass is 16.1. The van der Waals surface area contributed by atoms with Crippen molar-refractivity contribution in [3.63, 3.8) is 0 Å². The fourth-order valence-electron chi connectivity index (χ4n) is 2.94. The van der Waals surface area contributed by atoms with E-state index in [1.807, 2.05) is 6.20 Å². The van der Waals surface area contributed by atoms with Gasteiger partial charge in [0.2, 0.25) is 5.91 Å². The summed E-state index contributed by atoms with van der Waals surface area (Å²) < 4.78 is 2.37. The van der Waals surface area contributed by atoms with E-state index < -0.39 is 0 Å². The summed E-state index contributed by atoms with van der Waals surface area (Å²) in [6.07, 6.45) is 10.0. The molecular weight excluding hydrogens is 238 g/mol. The van der Waals surface area contributed by atoms with E-state index in [1.165, 1.54) is 31.4 Å². The van der Waals surface area contributed by atoms with Crippen LogP contribution in [0.3, 0.4) is 0 Å². The van der Waals surface area contributed by atoms with Crippen LogP contribution in [0, 0.1) is 12.8 Å². The van der Waals surface area contributed by atoms with Gasteiger partial charge >= 0.3 is 0 Å². The number of aromatic nitrogens is 2. The zero-order chi connectivity index (χ0) is 13.2. The number of nitrogens with zero attached hydrogens (tertiary/aromatic N) is 2. The molecule has 0 aliphatic heterocycles. The number of amides is 1. The Morgan fingerprint density at radius 2 is 2.11 bits per heavy atom. The number of aryl methyl sites for hydroxylation is 1. The number of carbonyl (C=O) groups is 1. The van der Waals surface area contributed by atoms with E-state index in [0.717, 1.165) is 31.6 Å². The van der Waals surface area contributed by atoms with Crippen molar-refractivity contribution in [1.29, 1.82) is 0 Å². The maximum absolute atomic E-state index is 11.8. The Bertz CT molecular complexity index is 458. The van der Waals surface area contributed by atoms with Crippen molar-refractivity contribution >= 4 is 5.91 Å². The average Bonchev–Trinajstić information content (AvgIpc) is 2.57. The van der Waals surface area contributed by atoms with Gasteiger partial charge in [-0.2, -0.15) is 0 Å². The first-order chi connectivity index (χ1) is 9.25. The molecule has 1 amide bonds. The van der Waals surface area contributed by atoms with E-state index in [2.05, 4.69) is 21.8 Å². The summed E-state index contributed by atoms with van der Waals surface area (Å²) in [5, 5.41) is 3.05. The zero-order valence-corrected chi connectivity index (χ0v) is 11.7. The number of rotatable bonds is 5. The minimum atomic E-state index is 0.240. The molecule has 2 aliphatic carbocycles. The van der Waals surface area contributed by atoms with E-state index in [4.69, 9.17) is 0 Å². The topological polar surface area (TPSA) is 46.9 Å². The molecule has 3 rings (SSSR count). The molecule has 19 heavy (non-hydrogen) atoms. The summed E-state index contributed by atoms with van der Waals surface area (Å²) in [6, 6.07) is 0.653. The van der Waals surface area contributed by atoms with Gasteiger partial charge in [0.25, 0.3) is 0 Å². The van der Waals surface area contributed by atoms with Crippen molar-refractivity contribution < 1.29 is 4.79 Å². The number of hydrogen-bond acceptors (Lipinski definition) is 2. The minimum absolute atomic E-state index is 0.240. The van der Waals surface area contributed by atoms with Crippen molar-refractivity contribution in [3.05, 3.63) is 17.7 Å². The lowest BCUT2D eigenvalue weighted by atomic mass is 9.85. The van der Waals surface area contributed by atoms with Crippen LogP contribution in [-0.4, -0.2) is 22.0 Å². The van der Waals surface area contributed by atoms with Gasteiger partial charge in [0.05, 0.1) is 0 Å². The maximum Gasteiger partial charge on any atom is 0.223 e. The Hall–Kier alpha value is -1.32. The Labute approximate surface area is 114 Å². The molecule has 0 aromatic carbocycles. The first-order valence-corrected chi connectivity index (χ1v) is 7.56. The van der Waals surface area contributed by atoms with Crippen LogP contribution in [0.4, 0.5) is 0 Å². The molecule has 0 radical (unpaired) electrons. The molecule has 0 bridgehead atoms. The third-order valence-electron chi connectivity index (χ3n) is 4.62. The minimum Gasteiger partial charge on any atom is -0.355 e. The number of nitrogens with one attached hydrogen (secondary N) is 1. The van der Waals surface area contributed by atoms with Gasteiger partial charge < -0.3 is 9.88 Å². The van der Waals surface area contributed by atoms with E-state index in [-0.39, 0.29) is 11.8 Å². The van der Waals surface area contributed by atoms with Crippen LogP contribution < -0.4 is 5.32 Å². The largest absolute Gasteiger partial charge is 0.355 e. The highest BCUT2D eigenvalue weighted by molar-refractivity contribution is 5.79. The first-order valence-electron chi connectivity index (χ1n) is 7.56. The molecule has 0 saturated heterocycles. The van der Waals surface area contributed by atoms with E-state index >= 15 is 0 Å². The molecular formula is C15H23N3O. The smallest absolute Gasteiger partial charge is 0.223 e. The predicted octanol–water partition coefficient (Wildman–Crippen LogP) is 2.38. The molecule has 104 valence electrons. The molecule has 0 unspecified atom stereocenters. The number of hydrogen-bond donors (Lipinski definition) is 1. The standard InChI is InChI=1S/C15H23N3O/c1-11-10-17-14(18(11)13-6-3-7-13)8-9-16-15(19)12-4-2-5-12/h10,12-13H,2-9H2,1H3,(H,16,19). The van der Waals surface area contributed by atoms with Gasteiger partial charge in [0.15, 0.2) is 0 Å². The second kappa shape index (κ2) is 5.35. The molecule has 2 fully saturated rings. The Kier molecular flexibility index (Phi) is 3.58. The second-order valence-corrected chi connectivity index (χ2v) is 5.94. The van der Waals surface area contributed by atoms with Crippen LogP contribution in [0.15, 0.2) is 6.20 Å². The van der Waals surface area contributed by atoms with Crippen molar-refractivity contribution in [3.8, 4) is 0 Å². The predicted molar refractivity (Wildman–Crippen MR) is 73.9 cm³/mol. The van der Waals surface area contributed by atoms with Crippen LogP contribution in [0.2, 0.25) is 0 Å². The van der Waals surface area contributed by atoms with Gasteiger partial charge in [-0.05, 0) is 39.0 Å². The van der Waals surface area contributed by atoms with Gasteiger partial charge in [-0.25, -0.2) is 4.98 Å². The summed E-state index contributed by atoms with van der Waals surface area (Å²) in [6.45, 7) is 2.85. The summed E-state index contributed by atoms with van der Waals surface area (Å²) in [7, 11) is 0. The SMILES string of the molecule is Cc1cnc(CCNC(=O)C2CCC2)n1C1CCC1. The van der Waals surface area contributed by atoms with Crippen LogP contribution in [0.25, 0.3) is 0 Å². The summed E-state index contributed by atoms with van der Waals surface area (Å²) in [5.74, 6) is 1.66. The average molecular weight is 261 g/mol.